The van der Waals surface area contributed by atoms with Gasteiger partial charge in [-0.05, 0) is 6.92 Å². The van der Waals surface area contributed by atoms with E-state index in [0.717, 1.165) is 17.0 Å². The molecule has 2 N–H and O–H groups in total. The van der Waals surface area contributed by atoms with Crippen molar-refractivity contribution in [3.8, 4) is 0 Å². The van der Waals surface area contributed by atoms with Crippen molar-refractivity contribution in [2.24, 2.45) is 5.73 Å². The standard InChI is InChI=1S/C7H10N2O2S/c1-5-4-12-7(11)9(5)3-2-6(8)10/h4H,2-3H2,1H3,(H2,8,10). The number of hydrogen-bond acceptors (Lipinski definition) is 3. The number of carbonyl (C=O) groups is 1. The minimum absolute atomic E-state index is 0.0336. The Bertz CT molecular complexity index is 339. The number of aryl methyl sites for hydroxylation is 1. The molecule has 0 aliphatic carbocycles. The van der Waals surface area contributed by atoms with Gasteiger partial charge in [-0.15, -0.1) is 0 Å². The Morgan fingerprint density at radius 2 is 2.42 bits per heavy atom. The van der Waals surface area contributed by atoms with Crippen molar-refractivity contribution in [3.05, 3.63) is 20.7 Å². The summed E-state index contributed by atoms with van der Waals surface area (Å²) in [5, 5.41) is 1.77. The van der Waals surface area contributed by atoms with Gasteiger partial charge < -0.3 is 10.3 Å². The van der Waals surface area contributed by atoms with Gasteiger partial charge in [-0.3, -0.25) is 9.59 Å². The largest absolute Gasteiger partial charge is 0.370 e. The van der Waals surface area contributed by atoms with Crippen molar-refractivity contribution >= 4 is 17.2 Å². The maximum atomic E-state index is 11.1. The van der Waals surface area contributed by atoms with E-state index >= 15 is 0 Å². The molecule has 12 heavy (non-hydrogen) atoms. The van der Waals surface area contributed by atoms with Gasteiger partial charge in [0, 0.05) is 24.0 Å². The molecule has 1 heterocycles. The summed E-state index contributed by atoms with van der Waals surface area (Å²) in [5.74, 6) is -0.382. The highest BCUT2D eigenvalue weighted by Crippen LogP contribution is 1.99. The second-order valence-corrected chi connectivity index (χ2v) is 3.33. The van der Waals surface area contributed by atoms with Gasteiger partial charge in [-0.2, -0.15) is 0 Å². The van der Waals surface area contributed by atoms with E-state index in [9.17, 15) is 9.59 Å². The molecule has 1 aromatic rings. The van der Waals surface area contributed by atoms with Crippen LogP contribution < -0.4 is 10.6 Å². The van der Waals surface area contributed by atoms with E-state index in [1.54, 1.807) is 9.95 Å². The first kappa shape index (κ1) is 8.99. The zero-order valence-corrected chi connectivity index (χ0v) is 7.56. The predicted octanol–water partition coefficient (Wildman–Crippen LogP) is 0.0936. The summed E-state index contributed by atoms with van der Waals surface area (Å²) < 4.78 is 1.55. The molecule has 1 aromatic heterocycles. The summed E-state index contributed by atoms with van der Waals surface area (Å²) in [6.07, 6.45) is 0.220. The Morgan fingerprint density at radius 1 is 1.75 bits per heavy atom. The van der Waals surface area contributed by atoms with Crippen LogP contribution in [0.4, 0.5) is 0 Å². The molecule has 0 spiro atoms. The maximum absolute atomic E-state index is 11.1. The molecule has 0 atom stereocenters. The van der Waals surface area contributed by atoms with Gasteiger partial charge in [0.1, 0.15) is 0 Å². The minimum atomic E-state index is -0.382. The number of nitrogens with zero attached hydrogens (tertiary/aromatic N) is 1. The third kappa shape index (κ3) is 1.94. The van der Waals surface area contributed by atoms with Crippen molar-refractivity contribution in [3.63, 3.8) is 0 Å². The highest BCUT2D eigenvalue weighted by atomic mass is 32.1. The van der Waals surface area contributed by atoms with Crippen LogP contribution in [0.15, 0.2) is 10.2 Å². The molecule has 0 saturated carbocycles. The van der Waals surface area contributed by atoms with Gasteiger partial charge in [0.15, 0.2) is 0 Å². The average molecular weight is 186 g/mol. The van der Waals surface area contributed by atoms with Gasteiger partial charge in [0.05, 0.1) is 0 Å². The van der Waals surface area contributed by atoms with Crippen LogP contribution in [0.5, 0.6) is 0 Å². The summed E-state index contributed by atoms with van der Waals surface area (Å²) in [6.45, 7) is 2.22. The normalized spacial score (nSPS) is 10.1. The van der Waals surface area contributed by atoms with Crippen LogP contribution >= 0.6 is 11.3 Å². The molecule has 0 fully saturated rings. The zero-order chi connectivity index (χ0) is 9.14. The van der Waals surface area contributed by atoms with Crippen molar-refractivity contribution in [1.82, 2.24) is 4.57 Å². The lowest BCUT2D eigenvalue weighted by molar-refractivity contribution is -0.118. The fourth-order valence-corrected chi connectivity index (χ4v) is 1.66. The summed E-state index contributed by atoms with van der Waals surface area (Å²) in [5.41, 5.74) is 5.84. The molecule has 0 saturated heterocycles. The number of amides is 1. The van der Waals surface area contributed by atoms with Crippen LogP contribution in [0.25, 0.3) is 0 Å². The molecule has 66 valence electrons. The lowest BCUT2D eigenvalue weighted by atomic mass is 10.4. The number of nitrogens with two attached hydrogens (primary N) is 1. The average Bonchev–Trinajstić information content (AvgIpc) is 2.28. The number of carbonyl (C=O) groups excluding carboxylic acids is 1. The Morgan fingerprint density at radius 3 is 2.83 bits per heavy atom. The molecule has 5 heteroatoms. The fourth-order valence-electron chi connectivity index (χ4n) is 0.897. The zero-order valence-electron chi connectivity index (χ0n) is 6.74. The first-order valence-corrected chi connectivity index (χ1v) is 4.42. The highest BCUT2D eigenvalue weighted by molar-refractivity contribution is 7.07. The van der Waals surface area contributed by atoms with Crippen LogP contribution in [-0.4, -0.2) is 10.5 Å². The van der Waals surface area contributed by atoms with Crippen molar-refractivity contribution < 1.29 is 4.79 Å². The maximum Gasteiger partial charge on any atom is 0.307 e. The Hall–Kier alpha value is -1.10. The summed E-state index contributed by atoms with van der Waals surface area (Å²) >= 11 is 1.14. The van der Waals surface area contributed by atoms with Crippen molar-refractivity contribution in [2.45, 2.75) is 19.9 Å². The second-order valence-electron chi connectivity index (χ2n) is 2.51. The van der Waals surface area contributed by atoms with Crippen molar-refractivity contribution in [1.29, 1.82) is 0 Å². The van der Waals surface area contributed by atoms with Gasteiger partial charge in [-0.25, -0.2) is 0 Å². The number of thiazole rings is 1. The molecule has 0 bridgehead atoms. The molecule has 0 aliphatic rings. The van der Waals surface area contributed by atoms with E-state index in [0.29, 0.717) is 6.54 Å². The van der Waals surface area contributed by atoms with Crippen LogP contribution in [0.1, 0.15) is 12.1 Å². The highest BCUT2D eigenvalue weighted by Gasteiger charge is 2.02. The number of hydrogen-bond donors (Lipinski definition) is 1. The SMILES string of the molecule is Cc1csc(=O)n1CCC(N)=O. The molecule has 1 rings (SSSR count). The molecule has 4 nitrogen and oxygen atoms in total. The molecule has 0 aliphatic heterocycles. The smallest absolute Gasteiger partial charge is 0.307 e. The predicted molar refractivity (Wildman–Crippen MR) is 47.1 cm³/mol. The Kier molecular flexibility index (Phi) is 2.65. The van der Waals surface area contributed by atoms with Crippen LogP contribution in [0.3, 0.4) is 0 Å². The van der Waals surface area contributed by atoms with Gasteiger partial charge in [0.25, 0.3) is 0 Å². The lowest BCUT2D eigenvalue weighted by Gasteiger charge is -2.00. The molecule has 1 amide bonds. The van der Waals surface area contributed by atoms with E-state index in [-0.39, 0.29) is 17.2 Å². The lowest BCUT2D eigenvalue weighted by Crippen LogP contribution is -2.20. The third-order valence-electron chi connectivity index (χ3n) is 1.56. The topological polar surface area (TPSA) is 65.1 Å². The third-order valence-corrected chi connectivity index (χ3v) is 2.44. The van der Waals surface area contributed by atoms with Crippen LogP contribution in [-0.2, 0) is 11.3 Å². The minimum Gasteiger partial charge on any atom is -0.370 e. The van der Waals surface area contributed by atoms with Gasteiger partial charge in [0.2, 0.25) is 5.91 Å². The molecule has 0 unspecified atom stereocenters. The molecular weight excluding hydrogens is 176 g/mol. The molecule has 0 radical (unpaired) electrons. The van der Waals surface area contributed by atoms with E-state index in [2.05, 4.69) is 0 Å². The summed E-state index contributed by atoms with van der Waals surface area (Å²) in [7, 11) is 0. The van der Waals surface area contributed by atoms with E-state index in [4.69, 9.17) is 5.73 Å². The monoisotopic (exact) mass is 186 g/mol. The van der Waals surface area contributed by atoms with Crippen LogP contribution in [0, 0.1) is 6.92 Å². The van der Waals surface area contributed by atoms with E-state index in [1.807, 2.05) is 6.92 Å². The van der Waals surface area contributed by atoms with Crippen molar-refractivity contribution in [2.75, 3.05) is 0 Å². The number of primary amides is 1. The first-order valence-electron chi connectivity index (χ1n) is 3.54. The summed E-state index contributed by atoms with van der Waals surface area (Å²) in [6, 6.07) is 0. The van der Waals surface area contributed by atoms with E-state index in [1.165, 1.54) is 0 Å². The Balaban J connectivity index is 2.75. The Labute approximate surface area is 73.6 Å². The molecular formula is C7H10N2O2S. The number of rotatable bonds is 3. The quantitative estimate of drug-likeness (QED) is 0.727. The number of aromatic nitrogens is 1. The molecule has 0 aromatic carbocycles. The second kappa shape index (κ2) is 3.53. The van der Waals surface area contributed by atoms with Gasteiger partial charge >= 0.3 is 4.87 Å². The summed E-state index contributed by atoms with van der Waals surface area (Å²) in [4.78, 5) is 21.5. The van der Waals surface area contributed by atoms with Crippen LogP contribution in [0.2, 0.25) is 0 Å². The fraction of sp³-hybridized carbons (Fsp3) is 0.429. The first-order chi connectivity index (χ1) is 5.61. The van der Waals surface area contributed by atoms with Gasteiger partial charge in [-0.1, -0.05) is 11.3 Å². The van der Waals surface area contributed by atoms with E-state index < -0.39 is 0 Å².